The Hall–Kier alpha value is -0.930. The van der Waals surface area contributed by atoms with Crippen molar-refractivity contribution < 1.29 is 9.53 Å². The zero-order valence-corrected chi connectivity index (χ0v) is 12.7. The first kappa shape index (κ1) is 14.0. The lowest BCUT2D eigenvalue weighted by Gasteiger charge is -2.17. The van der Waals surface area contributed by atoms with Crippen LogP contribution in [0.25, 0.3) is 0 Å². The standard InChI is InChI=1S/C15H17Cl2NO2/c16-12-4-5-14(13(17)6-12)20-9-15(19)18-7-10-2-1-3-11(10)8-18/h4-6,10-11H,1-3,7-9H2. The zero-order chi connectivity index (χ0) is 14.1. The van der Waals surface area contributed by atoms with Crippen LogP contribution in [-0.4, -0.2) is 30.5 Å². The molecule has 1 saturated carbocycles. The van der Waals surface area contributed by atoms with Crippen LogP contribution in [0.2, 0.25) is 10.0 Å². The number of nitrogens with zero attached hydrogens (tertiary/aromatic N) is 1. The SMILES string of the molecule is O=C(COc1ccc(Cl)cc1Cl)N1CC2CCCC2C1. The van der Waals surface area contributed by atoms with Gasteiger partial charge in [-0.25, -0.2) is 0 Å². The number of amides is 1. The van der Waals surface area contributed by atoms with Crippen molar-refractivity contribution in [3.63, 3.8) is 0 Å². The van der Waals surface area contributed by atoms with Crippen molar-refractivity contribution in [1.29, 1.82) is 0 Å². The van der Waals surface area contributed by atoms with E-state index in [1.165, 1.54) is 19.3 Å². The van der Waals surface area contributed by atoms with E-state index in [0.717, 1.165) is 13.1 Å². The molecule has 1 aromatic carbocycles. The number of carbonyl (C=O) groups is 1. The molecule has 0 bridgehead atoms. The van der Waals surface area contributed by atoms with Gasteiger partial charge in [0, 0.05) is 18.1 Å². The van der Waals surface area contributed by atoms with Gasteiger partial charge in [-0.2, -0.15) is 0 Å². The molecule has 0 spiro atoms. The largest absolute Gasteiger partial charge is 0.482 e. The van der Waals surface area contributed by atoms with Gasteiger partial charge >= 0.3 is 0 Å². The Labute approximate surface area is 128 Å². The second-order valence-electron chi connectivity index (χ2n) is 5.61. The molecule has 5 heteroatoms. The van der Waals surface area contributed by atoms with Crippen molar-refractivity contribution in [3.05, 3.63) is 28.2 Å². The van der Waals surface area contributed by atoms with E-state index in [1.807, 2.05) is 4.90 Å². The number of ether oxygens (including phenoxy) is 1. The molecule has 1 aromatic rings. The summed E-state index contributed by atoms with van der Waals surface area (Å²) >= 11 is 11.8. The summed E-state index contributed by atoms with van der Waals surface area (Å²) in [7, 11) is 0. The molecule has 1 heterocycles. The van der Waals surface area contributed by atoms with Gasteiger partial charge in [-0.1, -0.05) is 29.6 Å². The highest BCUT2D eigenvalue weighted by Gasteiger charge is 2.37. The summed E-state index contributed by atoms with van der Waals surface area (Å²) < 4.78 is 5.51. The number of fused-ring (bicyclic) bond motifs is 1. The van der Waals surface area contributed by atoms with E-state index in [1.54, 1.807) is 18.2 Å². The molecular formula is C15H17Cl2NO2. The minimum atomic E-state index is 0.0425. The van der Waals surface area contributed by atoms with Gasteiger partial charge in [0.2, 0.25) is 0 Å². The zero-order valence-electron chi connectivity index (χ0n) is 11.1. The molecule has 0 N–H and O–H groups in total. The molecule has 2 aliphatic rings. The fraction of sp³-hybridized carbons (Fsp3) is 0.533. The lowest BCUT2D eigenvalue weighted by molar-refractivity contribution is -0.132. The third kappa shape index (κ3) is 2.89. The first-order valence-corrected chi connectivity index (χ1v) is 7.74. The Balaban J connectivity index is 1.54. The van der Waals surface area contributed by atoms with Gasteiger partial charge in [0.25, 0.3) is 5.91 Å². The van der Waals surface area contributed by atoms with Gasteiger partial charge in [0.1, 0.15) is 5.75 Å². The molecule has 0 aromatic heterocycles. The van der Waals surface area contributed by atoms with Crippen LogP contribution in [-0.2, 0) is 4.79 Å². The van der Waals surface area contributed by atoms with Gasteiger partial charge in [-0.05, 0) is 42.9 Å². The molecule has 108 valence electrons. The Morgan fingerprint density at radius 2 is 1.95 bits per heavy atom. The minimum absolute atomic E-state index is 0.0425. The van der Waals surface area contributed by atoms with Crippen LogP contribution in [0.15, 0.2) is 18.2 Å². The maximum Gasteiger partial charge on any atom is 0.260 e. The van der Waals surface area contributed by atoms with Crippen LogP contribution in [0.3, 0.4) is 0 Å². The number of hydrogen-bond acceptors (Lipinski definition) is 2. The molecule has 1 amide bonds. The lowest BCUT2D eigenvalue weighted by Crippen LogP contribution is -2.33. The molecule has 0 radical (unpaired) electrons. The van der Waals surface area contributed by atoms with Crippen molar-refractivity contribution >= 4 is 29.1 Å². The number of rotatable bonds is 3. The molecular weight excluding hydrogens is 297 g/mol. The summed E-state index contributed by atoms with van der Waals surface area (Å²) in [6.45, 7) is 1.82. The van der Waals surface area contributed by atoms with Gasteiger partial charge < -0.3 is 9.64 Å². The topological polar surface area (TPSA) is 29.5 Å². The van der Waals surface area contributed by atoms with Crippen LogP contribution in [0, 0.1) is 11.8 Å². The summed E-state index contributed by atoms with van der Waals surface area (Å²) in [5.41, 5.74) is 0. The summed E-state index contributed by atoms with van der Waals surface area (Å²) in [4.78, 5) is 14.1. The van der Waals surface area contributed by atoms with E-state index >= 15 is 0 Å². The number of benzene rings is 1. The predicted molar refractivity (Wildman–Crippen MR) is 79.4 cm³/mol. The van der Waals surface area contributed by atoms with Crippen molar-refractivity contribution in [2.75, 3.05) is 19.7 Å². The Morgan fingerprint density at radius 3 is 2.60 bits per heavy atom. The molecule has 1 saturated heterocycles. The van der Waals surface area contributed by atoms with Crippen molar-refractivity contribution in [2.45, 2.75) is 19.3 Å². The van der Waals surface area contributed by atoms with E-state index in [0.29, 0.717) is 27.6 Å². The first-order valence-electron chi connectivity index (χ1n) is 6.99. The number of carbonyl (C=O) groups excluding carboxylic acids is 1. The van der Waals surface area contributed by atoms with Crippen LogP contribution in [0.4, 0.5) is 0 Å². The van der Waals surface area contributed by atoms with Crippen LogP contribution in [0.5, 0.6) is 5.75 Å². The molecule has 2 fully saturated rings. The molecule has 3 rings (SSSR count). The smallest absolute Gasteiger partial charge is 0.260 e. The Morgan fingerprint density at radius 1 is 1.25 bits per heavy atom. The summed E-state index contributed by atoms with van der Waals surface area (Å²) in [6.07, 6.45) is 3.84. The number of likely N-dealkylation sites (tertiary alicyclic amines) is 1. The van der Waals surface area contributed by atoms with Crippen LogP contribution in [0.1, 0.15) is 19.3 Å². The van der Waals surface area contributed by atoms with Gasteiger partial charge in [-0.15, -0.1) is 0 Å². The van der Waals surface area contributed by atoms with Gasteiger partial charge in [0.15, 0.2) is 6.61 Å². The van der Waals surface area contributed by atoms with E-state index < -0.39 is 0 Å². The molecule has 20 heavy (non-hydrogen) atoms. The maximum absolute atomic E-state index is 12.2. The third-order valence-corrected chi connectivity index (χ3v) is 4.85. The highest BCUT2D eigenvalue weighted by atomic mass is 35.5. The molecule has 3 nitrogen and oxygen atoms in total. The molecule has 2 atom stereocenters. The minimum Gasteiger partial charge on any atom is -0.482 e. The van der Waals surface area contributed by atoms with Crippen molar-refractivity contribution in [2.24, 2.45) is 11.8 Å². The quantitative estimate of drug-likeness (QED) is 0.852. The highest BCUT2D eigenvalue weighted by Crippen LogP contribution is 2.37. The van der Waals surface area contributed by atoms with E-state index in [2.05, 4.69) is 0 Å². The Bertz CT molecular complexity index is 509. The molecule has 2 unspecified atom stereocenters. The van der Waals surface area contributed by atoms with Crippen molar-refractivity contribution in [3.8, 4) is 5.75 Å². The Kier molecular flexibility index (Phi) is 4.08. The van der Waals surface area contributed by atoms with Crippen LogP contribution < -0.4 is 4.74 Å². The number of hydrogen-bond donors (Lipinski definition) is 0. The molecule has 1 aliphatic heterocycles. The van der Waals surface area contributed by atoms with Crippen LogP contribution >= 0.6 is 23.2 Å². The van der Waals surface area contributed by atoms with Gasteiger partial charge in [-0.3, -0.25) is 4.79 Å². The van der Waals surface area contributed by atoms with Gasteiger partial charge in [0.05, 0.1) is 5.02 Å². The predicted octanol–water partition coefficient (Wildman–Crippen LogP) is 3.63. The second-order valence-corrected chi connectivity index (χ2v) is 6.46. The maximum atomic E-state index is 12.2. The normalized spacial score (nSPS) is 24.8. The fourth-order valence-electron chi connectivity index (χ4n) is 3.26. The molecule has 1 aliphatic carbocycles. The highest BCUT2D eigenvalue weighted by molar-refractivity contribution is 6.35. The van der Waals surface area contributed by atoms with E-state index in [9.17, 15) is 4.79 Å². The summed E-state index contributed by atoms with van der Waals surface area (Å²) in [6, 6.07) is 5.01. The summed E-state index contributed by atoms with van der Waals surface area (Å²) in [5, 5.41) is 0.990. The average molecular weight is 314 g/mol. The second kappa shape index (κ2) is 5.82. The third-order valence-electron chi connectivity index (χ3n) is 4.32. The first-order chi connectivity index (χ1) is 9.63. The lowest BCUT2D eigenvalue weighted by atomic mass is 10.0. The average Bonchev–Trinajstić information content (AvgIpc) is 2.98. The monoisotopic (exact) mass is 313 g/mol. The number of halogens is 2. The summed E-state index contributed by atoms with van der Waals surface area (Å²) in [5.74, 6) is 1.96. The van der Waals surface area contributed by atoms with E-state index in [-0.39, 0.29) is 12.5 Å². The fourth-order valence-corrected chi connectivity index (χ4v) is 3.72. The van der Waals surface area contributed by atoms with E-state index in [4.69, 9.17) is 27.9 Å². The van der Waals surface area contributed by atoms with Crippen molar-refractivity contribution in [1.82, 2.24) is 4.90 Å².